The highest BCUT2D eigenvalue weighted by Gasteiger charge is 2.35. The number of ether oxygens (including phenoxy) is 1. The van der Waals surface area contributed by atoms with E-state index in [1.54, 1.807) is 7.11 Å². The minimum absolute atomic E-state index is 0.374. The van der Waals surface area contributed by atoms with Gasteiger partial charge in [0.2, 0.25) is 0 Å². The molecular formula is C17H25BrN2O. The van der Waals surface area contributed by atoms with E-state index in [0.717, 1.165) is 16.3 Å². The third kappa shape index (κ3) is 3.27. The van der Waals surface area contributed by atoms with Crippen LogP contribution < -0.4 is 10.1 Å². The summed E-state index contributed by atoms with van der Waals surface area (Å²) in [5, 5.41) is 3.86. The lowest BCUT2D eigenvalue weighted by Crippen LogP contribution is -2.45. The maximum Gasteiger partial charge on any atom is 0.133 e. The Hall–Kier alpha value is -0.580. The van der Waals surface area contributed by atoms with Crippen LogP contribution in [0.5, 0.6) is 5.75 Å². The number of nitrogens with zero attached hydrogens (tertiary/aromatic N) is 1. The molecule has 21 heavy (non-hydrogen) atoms. The number of fused-ring (bicyclic) bond motifs is 1. The van der Waals surface area contributed by atoms with Gasteiger partial charge in [0.05, 0.1) is 11.6 Å². The molecule has 0 radical (unpaired) electrons. The molecule has 0 spiro atoms. The Morgan fingerprint density at radius 1 is 1.29 bits per heavy atom. The number of halogens is 1. The zero-order valence-electron chi connectivity index (χ0n) is 12.9. The van der Waals surface area contributed by atoms with Crippen molar-refractivity contribution in [1.82, 2.24) is 10.2 Å². The fraction of sp³-hybridized carbons (Fsp3) is 0.647. The van der Waals surface area contributed by atoms with Gasteiger partial charge in [0.1, 0.15) is 5.75 Å². The Kier molecular flexibility index (Phi) is 4.87. The second kappa shape index (κ2) is 6.67. The van der Waals surface area contributed by atoms with Gasteiger partial charge < -0.3 is 10.1 Å². The Bertz CT molecular complexity index is 494. The third-order valence-electron chi connectivity index (χ3n) is 5.00. The number of nitrogens with one attached hydrogen (secondary N) is 1. The number of hydrogen-bond acceptors (Lipinski definition) is 3. The quantitative estimate of drug-likeness (QED) is 0.893. The van der Waals surface area contributed by atoms with Crippen molar-refractivity contribution in [1.29, 1.82) is 0 Å². The van der Waals surface area contributed by atoms with Gasteiger partial charge >= 0.3 is 0 Å². The molecule has 0 aliphatic carbocycles. The van der Waals surface area contributed by atoms with Gasteiger partial charge in [-0.25, -0.2) is 0 Å². The molecule has 3 atom stereocenters. The molecule has 0 saturated carbocycles. The SMILES string of the molecule is COc1ccc(C(C)NC2CCN3CCCCC23)cc1Br. The predicted octanol–water partition coefficient (Wildman–Crippen LogP) is 3.74. The summed E-state index contributed by atoms with van der Waals surface area (Å²) in [5.41, 5.74) is 1.32. The van der Waals surface area contributed by atoms with Crippen molar-refractivity contribution in [2.45, 2.75) is 50.7 Å². The molecule has 3 nitrogen and oxygen atoms in total. The largest absolute Gasteiger partial charge is 0.496 e. The van der Waals surface area contributed by atoms with Crippen molar-refractivity contribution >= 4 is 15.9 Å². The monoisotopic (exact) mass is 352 g/mol. The van der Waals surface area contributed by atoms with Gasteiger partial charge in [-0.15, -0.1) is 0 Å². The van der Waals surface area contributed by atoms with E-state index in [4.69, 9.17) is 4.74 Å². The van der Waals surface area contributed by atoms with Crippen LogP contribution in [0.15, 0.2) is 22.7 Å². The molecule has 0 amide bonds. The van der Waals surface area contributed by atoms with Crippen molar-refractivity contribution in [3.05, 3.63) is 28.2 Å². The first-order valence-electron chi connectivity index (χ1n) is 8.02. The van der Waals surface area contributed by atoms with E-state index in [1.165, 1.54) is 44.3 Å². The summed E-state index contributed by atoms with van der Waals surface area (Å²) in [6.45, 7) is 4.83. The fourth-order valence-electron chi connectivity index (χ4n) is 3.81. The van der Waals surface area contributed by atoms with Crippen LogP contribution in [-0.2, 0) is 0 Å². The normalized spacial score (nSPS) is 27.4. The standard InChI is InChI=1S/C17H25BrN2O/c1-12(13-6-7-17(21-2)14(18)11-13)19-15-8-10-20-9-4-3-5-16(15)20/h6-7,11-12,15-16,19H,3-5,8-10H2,1-2H3. The molecule has 2 fully saturated rings. The highest BCUT2D eigenvalue weighted by Crippen LogP contribution is 2.31. The van der Waals surface area contributed by atoms with Gasteiger partial charge in [0.25, 0.3) is 0 Å². The summed E-state index contributed by atoms with van der Waals surface area (Å²) in [6.07, 6.45) is 5.41. The van der Waals surface area contributed by atoms with E-state index in [1.807, 2.05) is 6.07 Å². The van der Waals surface area contributed by atoms with Crippen LogP contribution in [0.1, 0.15) is 44.2 Å². The molecule has 1 aromatic rings. The first-order valence-corrected chi connectivity index (χ1v) is 8.82. The van der Waals surface area contributed by atoms with Crippen molar-refractivity contribution in [3.8, 4) is 5.75 Å². The predicted molar refractivity (Wildman–Crippen MR) is 89.9 cm³/mol. The lowest BCUT2D eigenvalue weighted by atomic mass is 9.97. The molecule has 0 bridgehead atoms. The second-order valence-corrected chi connectivity index (χ2v) is 7.13. The minimum Gasteiger partial charge on any atom is -0.496 e. The Labute approximate surface area is 136 Å². The maximum atomic E-state index is 5.31. The van der Waals surface area contributed by atoms with Crippen LogP contribution in [0.25, 0.3) is 0 Å². The summed E-state index contributed by atoms with van der Waals surface area (Å²) in [7, 11) is 1.71. The van der Waals surface area contributed by atoms with Gasteiger partial charge in [-0.3, -0.25) is 4.90 Å². The van der Waals surface area contributed by atoms with Crippen LogP contribution in [0.4, 0.5) is 0 Å². The van der Waals surface area contributed by atoms with Gasteiger partial charge in [-0.1, -0.05) is 12.5 Å². The summed E-state index contributed by atoms with van der Waals surface area (Å²) in [4.78, 5) is 2.68. The zero-order chi connectivity index (χ0) is 14.8. The number of benzene rings is 1. The molecule has 3 unspecified atom stereocenters. The Morgan fingerprint density at radius 3 is 2.90 bits per heavy atom. The zero-order valence-corrected chi connectivity index (χ0v) is 14.5. The van der Waals surface area contributed by atoms with Gasteiger partial charge in [-0.05, 0) is 66.4 Å². The highest BCUT2D eigenvalue weighted by atomic mass is 79.9. The first-order chi connectivity index (χ1) is 10.2. The van der Waals surface area contributed by atoms with Crippen molar-refractivity contribution in [2.24, 2.45) is 0 Å². The highest BCUT2D eigenvalue weighted by molar-refractivity contribution is 9.10. The molecule has 3 rings (SSSR count). The number of hydrogen-bond donors (Lipinski definition) is 1. The summed E-state index contributed by atoms with van der Waals surface area (Å²) >= 11 is 3.58. The van der Waals surface area contributed by atoms with Crippen LogP contribution in [0.3, 0.4) is 0 Å². The lowest BCUT2D eigenvalue weighted by Gasteiger charge is -2.34. The summed E-state index contributed by atoms with van der Waals surface area (Å²) in [6, 6.07) is 8.14. The van der Waals surface area contributed by atoms with E-state index >= 15 is 0 Å². The Morgan fingerprint density at radius 2 is 2.14 bits per heavy atom. The van der Waals surface area contributed by atoms with Gasteiger partial charge in [0.15, 0.2) is 0 Å². The molecule has 1 aromatic carbocycles. The topological polar surface area (TPSA) is 24.5 Å². The van der Waals surface area contributed by atoms with E-state index < -0.39 is 0 Å². The van der Waals surface area contributed by atoms with E-state index in [2.05, 4.69) is 45.2 Å². The minimum atomic E-state index is 0.374. The maximum absolute atomic E-state index is 5.31. The molecule has 2 aliphatic rings. The summed E-state index contributed by atoms with van der Waals surface area (Å²) in [5.74, 6) is 0.894. The molecule has 1 N–H and O–H groups in total. The molecule has 2 heterocycles. The average molecular weight is 353 g/mol. The molecule has 116 valence electrons. The lowest BCUT2D eigenvalue weighted by molar-refractivity contribution is 0.177. The van der Waals surface area contributed by atoms with Gasteiger partial charge in [0, 0.05) is 24.7 Å². The van der Waals surface area contributed by atoms with Crippen molar-refractivity contribution in [3.63, 3.8) is 0 Å². The van der Waals surface area contributed by atoms with Gasteiger partial charge in [-0.2, -0.15) is 0 Å². The first kappa shape index (κ1) is 15.3. The molecule has 0 aromatic heterocycles. The second-order valence-electron chi connectivity index (χ2n) is 6.28. The van der Waals surface area contributed by atoms with Crippen LogP contribution in [0, 0.1) is 0 Å². The summed E-state index contributed by atoms with van der Waals surface area (Å²) < 4.78 is 6.34. The average Bonchev–Trinajstić information content (AvgIpc) is 2.90. The van der Waals surface area contributed by atoms with E-state index in [-0.39, 0.29) is 0 Å². The molecular weight excluding hydrogens is 328 g/mol. The fourth-order valence-corrected chi connectivity index (χ4v) is 4.37. The molecule has 2 aliphatic heterocycles. The number of piperidine rings is 1. The number of rotatable bonds is 4. The van der Waals surface area contributed by atoms with Crippen molar-refractivity contribution < 1.29 is 4.74 Å². The Balaban J connectivity index is 1.66. The van der Waals surface area contributed by atoms with Crippen LogP contribution in [0.2, 0.25) is 0 Å². The van der Waals surface area contributed by atoms with E-state index in [9.17, 15) is 0 Å². The molecule has 4 heteroatoms. The number of methoxy groups -OCH3 is 1. The van der Waals surface area contributed by atoms with Crippen LogP contribution >= 0.6 is 15.9 Å². The van der Waals surface area contributed by atoms with E-state index in [0.29, 0.717) is 12.1 Å². The molecule has 2 saturated heterocycles. The van der Waals surface area contributed by atoms with Crippen LogP contribution in [-0.4, -0.2) is 37.2 Å². The smallest absolute Gasteiger partial charge is 0.133 e. The third-order valence-corrected chi connectivity index (χ3v) is 5.62. The van der Waals surface area contributed by atoms with Crippen molar-refractivity contribution in [2.75, 3.05) is 20.2 Å².